The molecule has 0 aliphatic carbocycles. The smallest absolute Gasteiger partial charge is 0.338 e. The fraction of sp³-hybridized carbons (Fsp3) is 0.639. The van der Waals surface area contributed by atoms with Gasteiger partial charge >= 0.3 is 5.97 Å². The summed E-state index contributed by atoms with van der Waals surface area (Å²) in [6.45, 7) is 16.9. The van der Waals surface area contributed by atoms with E-state index in [1.165, 1.54) is 38.5 Å². The first-order valence-electron chi connectivity index (χ1n) is 16.1. The van der Waals surface area contributed by atoms with E-state index in [1.807, 2.05) is 27.7 Å². The first-order valence-corrected chi connectivity index (χ1v) is 16.1. The minimum atomic E-state index is -0.824. The maximum atomic E-state index is 13.2. The Balaban J connectivity index is 1.71. The Bertz CT molecular complexity index is 1240. The predicted molar refractivity (Wildman–Crippen MR) is 170 cm³/mol. The van der Waals surface area contributed by atoms with E-state index in [0.717, 1.165) is 59.3 Å². The average Bonchev–Trinajstić information content (AvgIpc) is 2.94. The zero-order valence-electron chi connectivity index (χ0n) is 27.5. The van der Waals surface area contributed by atoms with E-state index in [0.29, 0.717) is 24.3 Å². The average molecular weight is 599 g/mol. The number of hydrogen-bond acceptors (Lipinski definition) is 7. The van der Waals surface area contributed by atoms with E-state index >= 15 is 0 Å². The molecule has 0 radical (unpaired) electrons. The second kappa shape index (κ2) is 14.6. The van der Waals surface area contributed by atoms with Crippen molar-refractivity contribution in [3.8, 4) is 28.7 Å². The molecule has 1 unspecified atom stereocenters. The number of rotatable bonds is 14. The third-order valence-electron chi connectivity index (χ3n) is 9.54. The molecule has 4 atom stereocenters. The summed E-state index contributed by atoms with van der Waals surface area (Å²) in [5, 5.41) is 40.3. The number of hydrogen-bond donors (Lipinski definition) is 4. The van der Waals surface area contributed by atoms with Crippen molar-refractivity contribution in [2.24, 2.45) is 17.8 Å². The highest BCUT2D eigenvalue weighted by Crippen LogP contribution is 2.46. The monoisotopic (exact) mass is 598 g/mol. The molecule has 0 bridgehead atoms. The van der Waals surface area contributed by atoms with Gasteiger partial charge in [-0.25, -0.2) is 4.79 Å². The highest BCUT2D eigenvalue weighted by molar-refractivity contribution is 5.91. The molecule has 0 spiro atoms. The molecule has 0 amide bonds. The lowest BCUT2D eigenvalue weighted by Gasteiger charge is -2.43. The van der Waals surface area contributed by atoms with Gasteiger partial charge < -0.3 is 29.9 Å². The quantitative estimate of drug-likeness (QED) is 0.127. The second-order valence-corrected chi connectivity index (χ2v) is 13.8. The second-order valence-electron chi connectivity index (χ2n) is 13.8. The van der Waals surface area contributed by atoms with Crippen molar-refractivity contribution in [1.29, 1.82) is 0 Å². The van der Waals surface area contributed by atoms with E-state index in [-0.39, 0.29) is 11.3 Å². The number of aromatic hydroxyl groups is 4. The van der Waals surface area contributed by atoms with E-state index in [2.05, 4.69) is 27.7 Å². The predicted octanol–water partition coefficient (Wildman–Crippen LogP) is 8.79. The van der Waals surface area contributed by atoms with Crippen molar-refractivity contribution < 1.29 is 34.7 Å². The number of phenolic OH excluding ortho intramolecular Hbond substituents is 4. The normalized spacial score (nSPS) is 19.5. The lowest BCUT2D eigenvalue weighted by molar-refractivity contribution is -0.0752. The standard InChI is InChI=1S/C36H54O7/c1-21(2)12-9-13-22(3)14-10-15-23(4)16-11-17-36(8)31(42-35(41)27-18-29(37)33(40)30(38)19-27)20-28-26(7)32(39)24(5)25(6)34(28)43-36/h18-19,21-23,31,37-40H,9-17,20H2,1-8H3/t22-,23+,31?,36-/m0/s1. The number of ether oxygens (including phenoxy) is 2. The highest BCUT2D eigenvalue weighted by atomic mass is 16.6. The van der Waals surface area contributed by atoms with E-state index in [4.69, 9.17) is 9.47 Å². The summed E-state index contributed by atoms with van der Waals surface area (Å²) in [7, 11) is 0. The summed E-state index contributed by atoms with van der Waals surface area (Å²) < 4.78 is 12.7. The van der Waals surface area contributed by atoms with Gasteiger partial charge in [0.1, 0.15) is 23.2 Å². The molecule has 0 saturated carbocycles. The Morgan fingerprint density at radius 2 is 1.37 bits per heavy atom. The molecule has 1 aliphatic heterocycles. The Kier molecular flexibility index (Phi) is 11.7. The van der Waals surface area contributed by atoms with Crippen molar-refractivity contribution in [3.63, 3.8) is 0 Å². The zero-order valence-corrected chi connectivity index (χ0v) is 27.5. The van der Waals surface area contributed by atoms with Crippen molar-refractivity contribution in [2.45, 2.75) is 131 Å². The highest BCUT2D eigenvalue weighted by Gasteiger charge is 2.45. The summed E-state index contributed by atoms with van der Waals surface area (Å²) in [4.78, 5) is 13.2. The molecule has 2 aromatic carbocycles. The summed E-state index contributed by atoms with van der Waals surface area (Å²) in [5.74, 6) is 0.428. The van der Waals surface area contributed by atoms with Gasteiger partial charge in [-0.3, -0.25) is 0 Å². The van der Waals surface area contributed by atoms with Crippen LogP contribution in [0.15, 0.2) is 12.1 Å². The molecule has 2 aromatic rings. The Hall–Kier alpha value is -3.09. The molecule has 43 heavy (non-hydrogen) atoms. The maximum Gasteiger partial charge on any atom is 0.338 e. The van der Waals surface area contributed by atoms with Crippen molar-refractivity contribution in [1.82, 2.24) is 0 Å². The van der Waals surface area contributed by atoms with Gasteiger partial charge in [0.2, 0.25) is 0 Å². The van der Waals surface area contributed by atoms with Gasteiger partial charge in [0.05, 0.1) is 5.56 Å². The van der Waals surface area contributed by atoms with Crippen LogP contribution in [0.3, 0.4) is 0 Å². The fourth-order valence-corrected chi connectivity index (χ4v) is 6.33. The Morgan fingerprint density at radius 1 is 0.837 bits per heavy atom. The van der Waals surface area contributed by atoms with Crippen LogP contribution in [0.5, 0.6) is 28.7 Å². The molecule has 0 aromatic heterocycles. The summed E-state index contributed by atoms with van der Waals surface area (Å²) in [5.41, 5.74) is 2.26. The molecule has 1 aliphatic rings. The van der Waals surface area contributed by atoms with Crippen LogP contribution in [0, 0.1) is 38.5 Å². The van der Waals surface area contributed by atoms with Crippen LogP contribution in [0.25, 0.3) is 0 Å². The SMILES string of the molecule is Cc1c(C)c2c(c(C)c1O)CC(OC(=O)c1cc(O)c(O)c(O)c1)[C@](C)(CCC[C@H](C)CCC[C@@H](C)CCCC(C)C)O2. The number of phenols is 4. The van der Waals surface area contributed by atoms with Gasteiger partial charge in [0.25, 0.3) is 0 Å². The van der Waals surface area contributed by atoms with Gasteiger partial charge in [-0.1, -0.05) is 72.6 Å². The third-order valence-corrected chi connectivity index (χ3v) is 9.54. The van der Waals surface area contributed by atoms with Crippen LogP contribution in [-0.4, -0.2) is 38.1 Å². The molecule has 3 rings (SSSR count). The van der Waals surface area contributed by atoms with Gasteiger partial charge in [-0.2, -0.15) is 0 Å². The van der Waals surface area contributed by atoms with Crippen LogP contribution < -0.4 is 4.74 Å². The number of fused-ring (bicyclic) bond motifs is 1. The van der Waals surface area contributed by atoms with Crippen LogP contribution >= 0.6 is 0 Å². The van der Waals surface area contributed by atoms with E-state index < -0.39 is 34.9 Å². The van der Waals surface area contributed by atoms with E-state index in [1.54, 1.807) is 0 Å². The lowest BCUT2D eigenvalue weighted by Crippen LogP contribution is -2.51. The molecule has 4 N–H and O–H groups in total. The van der Waals surface area contributed by atoms with Crippen LogP contribution in [0.2, 0.25) is 0 Å². The maximum absolute atomic E-state index is 13.2. The lowest BCUT2D eigenvalue weighted by atomic mass is 9.81. The largest absolute Gasteiger partial charge is 0.507 e. The van der Waals surface area contributed by atoms with Gasteiger partial charge in [0, 0.05) is 12.0 Å². The number of carbonyl (C=O) groups is 1. The molecular weight excluding hydrogens is 544 g/mol. The van der Waals surface area contributed by atoms with Crippen molar-refractivity contribution >= 4 is 5.97 Å². The molecule has 1 heterocycles. The Morgan fingerprint density at radius 3 is 1.93 bits per heavy atom. The van der Waals surface area contributed by atoms with Gasteiger partial charge in [-0.05, 0) is 87.1 Å². The minimum absolute atomic E-state index is 0.0762. The third kappa shape index (κ3) is 8.51. The number of benzene rings is 2. The van der Waals surface area contributed by atoms with Crippen LogP contribution in [0.1, 0.15) is 125 Å². The fourth-order valence-electron chi connectivity index (χ4n) is 6.33. The van der Waals surface area contributed by atoms with Crippen LogP contribution in [-0.2, 0) is 11.2 Å². The minimum Gasteiger partial charge on any atom is -0.507 e. The van der Waals surface area contributed by atoms with Gasteiger partial charge in [0.15, 0.2) is 17.2 Å². The summed E-state index contributed by atoms with van der Waals surface area (Å²) in [6.07, 6.45) is 9.93. The molecule has 0 saturated heterocycles. The molecular formula is C36H54O7. The van der Waals surface area contributed by atoms with Crippen molar-refractivity contribution in [3.05, 3.63) is 39.9 Å². The summed E-state index contributed by atoms with van der Waals surface area (Å²) in [6, 6.07) is 2.15. The number of carbonyl (C=O) groups excluding carboxylic acids is 1. The molecule has 0 fully saturated rings. The molecule has 7 heteroatoms. The topological polar surface area (TPSA) is 116 Å². The van der Waals surface area contributed by atoms with Crippen molar-refractivity contribution in [2.75, 3.05) is 0 Å². The van der Waals surface area contributed by atoms with Crippen LogP contribution in [0.4, 0.5) is 0 Å². The molecule has 240 valence electrons. The zero-order chi connectivity index (χ0) is 32.1. The molecule has 7 nitrogen and oxygen atoms in total. The van der Waals surface area contributed by atoms with E-state index in [9.17, 15) is 25.2 Å². The number of esters is 1. The Labute approximate surface area is 258 Å². The first-order chi connectivity index (χ1) is 20.1. The summed E-state index contributed by atoms with van der Waals surface area (Å²) >= 11 is 0. The van der Waals surface area contributed by atoms with Gasteiger partial charge in [-0.15, -0.1) is 0 Å². The first kappa shape index (κ1) is 34.4.